The molecule has 0 unspecified atom stereocenters. The van der Waals surface area contributed by atoms with Crippen LogP contribution in [0.5, 0.6) is 0 Å². The van der Waals surface area contributed by atoms with Crippen molar-refractivity contribution in [3.05, 3.63) is 105 Å². The molecule has 0 radical (unpaired) electrons. The summed E-state index contributed by atoms with van der Waals surface area (Å²) < 4.78 is 0. The quantitative estimate of drug-likeness (QED) is 0.249. The van der Waals surface area contributed by atoms with Crippen LogP contribution < -0.4 is 0 Å². The molecule has 0 atom stereocenters. The third-order valence-corrected chi connectivity index (χ3v) is 4.98. The van der Waals surface area contributed by atoms with Crippen LogP contribution in [0.2, 0.25) is 0 Å². The third kappa shape index (κ3) is 9.13. The average molecular weight is 540 g/mol. The van der Waals surface area contributed by atoms with Crippen LogP contribution in [0.25, 0.3) is 0 Å². The first-order valence-corrected chi connectivity index (χ1v) is 10.9. The van der Waals surface area contributed by atoms with E-state index in [1.165, 1.54) is 48.5 Å². The molecule has 0 spiro atoms. The van der Waals surface area contributed by atoms with Crippen LogP contribution in [0, 0.1) is 6.92 Å². The maximum atomic E-state index is 10.7. The fourth-order valence-corrected chi connectivity index (χ4v) is 3.05. The number of hydrogen-bond donors (Lipinski definition) is 6. The fraction of sp³-hybridized carbons (Fsp3) is 0.111. The first-order valence-electron chi connectivity index (χ1n) is 10.9. The Morgan fingerprint density at radius 2 is 0.821 bits per heavy atom. The lowest BCUT2D eigenvalue weighted by Gasteiger charge is -2.03. The van der Waals surface area contributed by atoms with Gasteiger partial charge < -0.3 is 30.6 Å². The van der Waals surface area contributed by atoms with E-state index in [9.17, 15) is 28.8 Å². The molecule has 0 amide bonds. The van der Waals surface area contributed by atoms with Gasteiger partial charge in [0.15, 0.2) is 0 Å². The van der Waals surface area contributed by atoms with Crippen LogP contribution in [-0.2, 0) is 6.42 Å². The van der Waals surface area contributed by atoms with Crippen molar-refractivity contribution in [2.75, 3.05) is 0 Å². The SMILES string of the molecule is CCc1ccc(C(=O)O)c(C(=O)O)c1.Cc1ccc(C(=O)O)c(C(=O)O)c1.O=C(O)c1ccccc1C(=O)O. The highest BCUT2D eigenvalue weighted by molar-refractivity contribution is 6.03. The van der Waals surface area contributed by atoms with Crippen LogP contribution in [-0.4, -0.2) is 66.5 Å². The predicted molar refractivity (Wildman–Crippen MR) is 135 cm³/mol. The molecular formula is C27H24O12. The fourth-order valence-electron chi connectivity index (χ4n) is 3.05. The Kier molecular flexibility index (Phi) is 11.5. The summed E-state index contributed by atoms with van der Waals surface area (Å²) in [6.45, 7) is 3.58. The van der Waals surface area contributed by atoms with Gasteiger partial charge >= 0.3 is 35.8 Å². The lowest BCUT2D eigenvalue weighted by atomic mass is 10.0. The van der Waals surface area contributed by atoms with Gasteiger partial charge in [0.05, 0.1) is 33.4 Å². The van der Waals surface area contributed by atoms with Crippen molar-refractivity contribution in [1.82, 2.24) is 0 Å². The van der Waals surface area contributed by atoms with E-state index in [0.717, 1.165) is 11.1 Å². The summed E-state index contributed by atoms with van der Waals surface area (Å²) in [7, 11) is 0. The Morgan fingerprint density at radius 1 is 0.487 bits per heavy atom. The minimum atomic E-state index is -1.23. The van der Waals surface area contributed by atoms with Gasteiger partial charge in [0.25, 0.3) is 0 Å². The van der Waals surface area contributed by atoms with E-state index >= 15 is 0 Å². The van der Waals surface area contributed by atoms with E-state index in [4.69, 9.17) is 30.6 Å². The summed E-state index contributed by atoms with van der Waals surface area (Å²) in [5.74, 6) is -7.33. The molecule has 3 aromatic rings. The number of carboxylic acids is 6. The van der Waals surface area contributed by atoms with E-state index < -0.39 is 35.8 Å². The number of carbonyl (C=O) groups is 6. The average Bonchev–Trinajstić information content (AvgIpc) is 2.88. The van der Waals surface area contributed by atoms with Crippen LogP contribution in [0.4, 0.5) is 0 Å². The molecule has 6 N–H and O–H groups in total. The monoisotopic (exact) mass is 540 g/mol. The number of aryl methyl sites for hydroxylation is 2. The highest BCUT2D eigenvalue weighted by atomic mass is 16.4. The van der Waals surface area contributed by atoms with Crippen molar-refractivity contribution >= 4 is 35.8 Å². The maximum Gasteiger partial charge on any atom is 0.336 e. The molecule has 0 aliphatic heterocycles. The number of aromatic carboxylic acids is 6. The Balaban J connectivity index is 0.000000293. The minimum Gasteiger partial charge on any atom is -0.478 e. The zero-order valence-electron chi connectivity index (χ0n) is 20.6. The minimum absolute atomic E-state index is 0.156. The van der Waals surface area contributed by atoms with Crippen LogP contribution >= 0.6 is 0 Å². The molecule has 12 heteroatoms. The first-order chi connectivity index (χ1) is 18.2. The van der Waals surface area contributed by atoms with Gasteiger partial charge in [-0.25, -0.2) is 28.8 Å². The van der Waals surface area contributed by atoms with E-state index in [1.54, 1.807) is 19.1 Å². The Bertz CT molecular complexity index is 1390. The Labute approximate surface area is 221 Å². The topological polar surface area (TPSA) is 224 Å². The van der Waals surface area contributed by atoms with Crippen molar-refractivity contribution in [2.24, 2.45) is 0 Å². The molecule has 204 valence electrons. The highest BCUT2D eigenvalue weighted by Crippen LogP contribution is 2.13. The smallest absolute Gasteiger partial charge is 0.336 e. The molecule has 0 saturated heterocycles. The van der Waals surface area contributed by atoms with Crippen molar-refractivity contribution in [2.45, 2.75) is 20.3 Å². The summed E-state index contributed by atoms with van der Waals surface area (Å²) in [4.78, 5) is 63.5. The molecule has 0 saturated carbocycles. The van der Waals surface area contributed by atoms with Gasteiger partial charge in [-0.1, -0.05) is 36.8 Å². The number of rotatable bonds is 7. The largest absolute Gasteiger partial charge is 0.478 e. The van der Waals surface area contributed by atoms with E-state index in [-0.39, 0.29) is 33.4 Å². The Morgan fingerprint density at radius 3 is 1.18 bits per heavy atom. The molecule has 39 heavy (non-hydrogen) atoms. The van der Waals surface area contributed by atoms with Crippen LogP contribution in [0.1, 0.15) is 80.2 Å². The number of carboxylic acid groups (broad SMARTS) is 6. The molecule has 0 bridgehead atoms. The van der Waals surface area contributed by atoms with Gasteiger partial charge in [-0.15, -0.1) is 0 Å². The van der Waals surface area contributed by atoms with Gasteiger partial charge in [0, 0.05) is 0 Å². The summed E-state index contributed by atoms with van der Waals surface area (Å²) >= 11 is 0. The van der Waals surface area contributed by atoms with Crippen molar-refractivity contribution in [1.29, 1.82) is 0 Å². The molecule has 0 aliphatic carbocycles. The third-order valence-electron chi connectivity index (χ3n) is 4.98. The zero-order chi connectivity index (χ0) is 29.9. The lowest BCUT2D eigenvalue weighted by Crippen LogP contribution is -2.08. The number of benzene rings is 3. The van der Waals surface area contributed by atoms with E-state index in [0.29, 0.717) is 6.42 Å². The van der Waals surface area contributed by atoms with Gasteiger partial charge in [-0.2, -0.15) is 0 Å². The van der Waals surface area contributed by atoms with Crippen LogP contribution in [0.3, 0.4) is 0 Å². The van der Waals surface area contributed by atoms with E-state index in [1.807, 2.05) is 6.92 Å². The normalized spacial score (nSPS) is 9.59. The molecule has 3 aromatic carbocycles. The molecule has 0 fully saturated rings. The summed E-state index contributed by atoms with van der Waals surface area (Å²) in [6.07, 6.45) is 0.681. The molecule has 12 nitrogen and oxygen atoms in total. The molecule has 3 rings (SSSR count). The second-order valence-corrected chi connectivity index (χ2v) is 7.66. The predicted octanol–water partition coefficient (Wildman–Crippen LogP) is 4.12. The van der Waals surface area contributed by atoms with Crippen molar-refractivity contribution < 1.29 is 59.4 Å². The molecule has 0 aromatic heterocycles. The van der Waals surface area contributed by atoms with Crippen LogP contribution in [0.15, 0.2) is 60.7 Å². The van der Waals surface area contributed by atoms with Gasteiger partial charge in [0.1, 0.15) is 0 Å². The summed E-state index contributed by atoms with van der Waals surface area (Å²) in [5.41, 5.74) is 0.474. The molecule has 0 heterocycles. The number of hydrogen-bond acceptors (Lipinski definition) is 6. The second kappa shape index (κ2) is 14.3. The standard InChI is InChI=1S/C10H10O4.C9H8O4.C8H6O4/c1-2-6-3-4-7(9(11)12)8(5-6)10(13)14;1-5-2-3-6(8(10)11)7(4-5)9(12)13;9-7(10)5-3-1-2-4-6(5)8(11)12/h3-5H,2H2,1H3,(H,11,12)(H,13,14);2-4H,1H3,(H,10,11)(H,12,13);1-4H,(H,9,10)(H,11,12). The summed E-state index contributed by atoms with van der Waals surface area (Å²) in [5, 5.41) is 51.9. The Hall–Kier alpha value is -5.52. The van der Waals surface area contributed by atoms with Gasteiger partial charge in [-0.05, 0) is 55.3 Å². The lowest BCUT2D eigenvalue weighted by molar-refractivity contribution is 0.0651. The van der Waals surface area contributed by atoms with Crippen molar-refractivity contribution in [3.8, 4) is 0 Å². The highest BCUT2D eigenvalue weighted by Gasteiger charge is 2.16. The van der Waals surface area contributed by atoms with Gasteiger partial charge in [0.2, 0.25) is 0 Å². The van der Waals surface area contributed by atoms with E-state index in [2.05, 4.69) is 0 Å². The maximum absolute atomic E-state index is 10.7. The molecule has 0 aliphatic rings. The second-order valence-electron chi connectivity index (χ2n) is 7.66. The van der Waals surface area contributed by atoms with Gasteiger partial charge in [-0.3, -0.25) is 0 Å². The summed E-state index contributed by atoms with van der Waals surface area (Å²) in [6, 6.07) is 14.0. The molecular weight excluding hydrogens is 516 g/mol. The first kappa shape index (κ1) is 31.5. The van der Waals surface area contributed by atoms with Crippen molar-refractivity contribution in [3.63, 3.8) is 0 Å². The zero-order valence-corrected chi connectivity index (χ0v) is 20.6.